The Morgan fingerprint density at radius 2 is 2.24 bits per heavy atom. The van der Waals surface area contributed by atoms with Crippen molar-refractivity contribution in [3.63, 3.8) is 0 Å². The zero-order valence-corrected chi connectivity index (χ0v) is 15.7. The van der Waals surface area contributed by atoms with E-state index in [1.807, 2.05) is 12.1 Å². The maximum absolute atomic E-state index is 12.7. The number of nitrogens with zero attached hydrogens (tertiary/aromatic N) is 6. The first-order valence-electron chi connectivity index (χ1n) is 9.03. The minimum atomic E-state index is -0.428. The SMILES string of the molecule is COc1cc(-n2cnnn2)ccc1NC(=O)C1CC(=O)N(Cc2cccnc2)C1. The van der Waals surface area contributed by atoms with E-state index >= 15 is 0 Å². The van der Waals surface area contributed by atoms with Crippen LogP contribution < -0.4 is 10.1 Å². The zero-order valence-electron chi connectivity index (χ0n) is 15.7. The van der Waals surface area contributed by atoms with Gasteiger partial charge in [-0.3, -0.25) is 14.6 Å². The molecule has 0 saturated carbocycles. The van der Waals surface area contributed by atoms with E-state index in [1.165, 1.54) is 18.1 Å². The minimum Gasteiger partial charge on any atom is -0.494 e. The van der Waals surface area contributed by atoms with Gasteiger partial charge in [-0.05, 0) is 34.2 Å². The first-order chi connectivity index (χ1) is 14.1. The van der Waals surface area contributed by atoms with Crippen LogP contribution in [0.3, 0.4) is 0 Å². The lowest BCUT2D eigenvalue weighted by Crippen LogP contribution is -2.28. The average Bonchev–Trinajstić information content (AvgIpc) is 3.40. The Kier molecular flexibility index (Phi) is 5.14. The number of benzene rings is 1. The Labute approximate surface area is 166 Å². The molecule has 148 valence electrons. The van der Waals surface area contributed by atoms with Gasteiger partial charge < -0.3 is 15.0 Å². The molecule has 0 radical (unpaired) electrons. The summed E-state index contributed by atoms with van der Waals surface area (Å²) in [5.41, 5.74) is 2.15. The highest BCUT2D eigenvalue weighted by molar-refractivity contribution is 5.98. The average molecular weight is 393 g/mol. The second kappa shape index (κ2) is 8.05. The summed E-state index contributed by atoms with van der Waals surface area (Å²) in [4.78, 5) is 30.8. The third-order valence-corrected chi connectivity index (χ3v) is 4.74. The molecule has 2 aromatic heterocycles. The van der Waals surface area contributed by atoms with Crippen molar-refractivity contribution in [2.24, 2.45) is 5.92 Å². The second-order valence-electron chi connectivity index (χ2n) is 6.66. The topological polar surface area (TPSA) is 115 Å². The van der Waals surface area contributed by atoms with Crippen LogP contribution in [0.2, 0.25) is 0 Å². The van der Waals surface area contributed by atoms with E-state index in [1.54, 1.807) is 35.5 Å². The van der Waals surface area contributed by atoms with Crippen LogP contribution >= 0.6 is 0 Å². The lowest BCUT2D eigenvalue weighted by Gasteiger charge is -2.17. The molecule has 0 bridgehead atoms. The summed E-state index contributed by atoms with van der Waals surface area (Å²) in [6.45, 7) is 0.811. The number of anilines is 1. The van der Waals surface area contributed by atoms with Crippen molar-refractivity contribution in [3.8, 4) is 11.4 Å². The Balaban J connectivity index is 1.43. The van der Waals surface area contributed by atoms with Crippen molar-refractivity contribution in [1.29, 1.82) is 0 Å². The predicted molar refractivity (Wildman–Crippen MR) is 102 cm³/mol. The van der Waals surface area contributed by atoms with E-state index in [4.69, 9.17) is 4.74 Å². The number of tetrazole rings is 1. The molecule has 2 amide bonds. The molecular formula is C19H19N7O3. The van der Waals surface area contributed by atoms with Gasteiger partial charge in [-0.1, -0.05) is 6.07 Å². The molecule has 1 aliphatic heterocycles. The number of methoxy groups -OCH3 is 1. The normalized spacial score (nSPS) is 16.1. The van der Waals surface area contributed by atoms with E-state index in [-0.39, 0.29) is 18.2 Å². The van der Waals surface area contributed by atoms with Crippen LogP contribution in [0.5, 0.6) is 5.75 Å². The van der Waals surface area contributed by atoms with E-state index in [9.17, 15) is 9.59 Å². The van der Waals surface area contributed by atoms with Crippen molar-refractivity contribution in [2.75, 3.05) is 19.0 Å². The fraction of sp³-hybridized carbons (Fsp3) is 0.263. The number of carbonyl (C=O) groups excluding carboxylic acids is 2. The van der Waals surface area contributed by atoms with Crippen LogP contribution in [0.15, 0.2) is 49.1 Å². The quantitative estimate of drug-likeness (QED) is 0.666. The number of hydrogen-bond donors (Lipinski definition) is 1. The summed E-state index contributed by atoms with van der Waals surface area (Å²) >= 11 is 0. The van der Waals surface area contributed by atoms with Crippen LogP contribution in [0.4, 0.5) is 5.69 Å². The number of nitrogens with one attached hydrogen (secondary N) is 1. The molecule has 4 rings (SSSR count). The number of rotatable bonds is 6. The van der Waals surface area contributed by atoms with E-state index in [2.05, 4.69) is 25.8 Å². The Morgan fingerprint density at radius 1 is 1.34 bits per heavy atom. The lowest BCUT2D eigenvalue weighted by molar-refractivity contribution is -0.128. The standard InChI is InChI=1S/C19H19N7O3/c1-29-17-8-15(26-12-21-23-24-26)4-5-16(17)22-19(28)14-7-18(27)25(11-14)10-13-3-2-6-20-9-13/h2-6,8-9,12,14H,7,10-11H2,1H3,(H,22,28). The summed E-state index contributed by atoms with van der Waals surface area (Å²) < 4.78 is 6.87. The van der Waals surface area contributed by atoms with Gasteiger partial charge in [0.15, 0.2) is 0 Å². The van der Waals surface area contributed by atoms with Gasteiger partial charge in [0.05, 0.1) is 24.4 Å². The molecule has 3 heterocycles. The highest BCUT2D eigenvalue weighted by Crippen LogP contribution is 2.29. The van der Waals surface area contributed by atoms with E-state index in [0.29, 0.717) is 30.2 Å². The molecule has 1 fully saturated rings. The maximum Gasteiger partial charge on any atom is 0.229 e. The molecule has 29 heavy (non-hydrogen) atoms. The van der Waals surface area contributed by atoms with Gasteiger partial charge in [0, 0.05) is 38.0 Å². The second-order valence-corrected chi connectivity index (χ2v) is 6.66. The summed E-state index contributed by atoms with van der Waals surface area (Å²) in [6, 6.07) is 8.94. The number of likely N-dealkylation sites (tertiary alicyclic amines) is 1. The molecule has 3 aromatic rings. The summed E-state index contributed by atoms with van der Waals surface area (Å²) in [5.74, 6) is -0.221. The molecule has 10 nitrogen and oxygen atoms in total. The van der Waals surface area contributed by atoms with Gasteiger partial charge >= 0.3 is 0 Å². The molecule has 1 N–H and O–H groups in total. The van der Waals surface area contributed by atoms with Crippen molar-refractivity contribution in [2.45, 2.75) is 13.0 Å². The number of ether oxygens (including phenoxy) is 1. The maximum atomic E-state index is 12.7. The molecule has 1 aromatic carbocycles. The van der Waals surface area contributed by atoms with E-state index < -0.39 is 5.92 Å². The fourth-order valence-electron chi connectivity index (χ4n) is 3.25. The number of hydrogen-bond acceptors (Lipinski definition) is 7. The molecule has 0 aliphatic carbocycles. The largest absolute Gasteiger partial charge is 0.494 e. The molecule has 1 saturated heterocycles. The minimum absolute atomic E-state index is 0.0463. The van der Waals surface area contributed by atoms with Crippen molar-refractivity contribution >= 4 is 17.5 Å². The number of pyridine rings is 1. The molecule has 1 atom stereocenters. The van der Waals surface area contributed by atoms with Crippen LogP contribution in [-0.2, 0) is 16.1 Å². The van der Waals surface area contributed by atoms with Gasteiger partial charge in [0.1, 0.15) is 12.1 Å². The zero-order chi connectivity index (χ0) is 20.2. The van der Waals surface area contributed by atoms with Crippen molar-refractivity contribution < 1.29 is 14.3 Å². The number of amides is 2. The third kappa shape index (κ3) is 4.05. The van der Waals surface area contributed by atoms with E-state index in [0.717, 1.165) is 5.56 Å². The number of aromatic nitrogens is 5. The van der Waals surface area contributed by atoms with Gasteiger partial charge in [-0.25, -0.2) is 4.68 Å². The van der Waals surface area contributed by atoms with Gasteiger partial charge in [0.25, 0.3) is 0 Å². The van der Waals surface area contributed by atoms with Crippen molar-refractivity contribution in [3.05, 3.63) is 54.6 Å². The van der Waals surface area contributed by atoms with Crippen LogP contribution in [0.25, 0.3) is 5.69 Å². The lowest BCUT2D eigenvalue weighted by atomic mass is 10.1. The van der Waals surface area contributed by atoms with Crippen LogP contribution in [-0.4, -0.2) is 55.6 Å². The Hall–Kier alpha value is -3.82. The molecule has 0 spiro atoms. The van der Waals surface area contributed by atoms with Crippen LogP contribution in [0, 0.1) is 5.92 Å². The monoisotopic (exact) mass is 393 g/mol. The molecule has 1 unspecified atom stereocenters. The van der Waals surface area contributed by atoms with Gasteiger partial charge in [-0.15, -0.1) is 5.10 Å². The van der Waals surface area contributed by atoms with Crippen molar-refractivity contribution in [1.82, 2.24) is 30.1 Å². The Bertz CT molecular complexity index is 1010. The first-order valence-corrected chi connectivity index (χ1v) is 9.03. The van der Waals surface area contributed by atoms with Crippen LogP contribution in [0.1, 0.15) is 12.0 Å². The fourth-order valence-corrected chi connectivity index (χ4v) is 3.25. The summed E-state index contributed by atoms with van der Waals surface area (Å²) in [7, 11) is 1.52. The molecule has 10 heteroatoms. The third-order valence-electron chi connectivity index (χ3n) is 4.74. The smallest absolute Gasteiger partial charge is 0.229 e. The highest BCUT2D eigenvalue weighted by atomic mass is 16.5. The van der Waals surface area contributed by atoms with Gasteiger partial charge in [0.2, 0.25) is 11.8 Å². The van der Waals surface area contributed by atoms with Gasteiger partial charge in [-0.2, -0.15) is 0 Å². The first kappa shape index (κ1) is 18.5. The molecule has 1 aliphatic rings. The summed E-state index contributed by atoms with van der Waals surface area (Å²) in [5, 5.41) is 13.9. The Morgan fingerprint density at radius 3 is 2.97 bits per heavy atom. The summed E-state index contributed by atoms with van der Waals surface area (Å²) in [6.07, 6.45) is 5.05. The molecular weight excluding hydrogens is 374 g/mol. The number of carbonyl (C=O) groups is 2. The highest BCUT2D eigenvalue weighted by Gasteiger charge is 2.34. The predicted octanol–water partition coefficient (Wildman–Crippen LogP) is 1.05.